The van der Waals surface area contributed by atoms with E-state index in [2.05, 4.69) is 39.3 Å². The number of rotatable bonds is 3. The Labute approximate surface area is 112 Å². The zero-order chi connectivity index (χ0) is 12.1. The number of pyridine rings is 1. The number of aromatic nitrogens is 1. The zero-order valence-corrected chi connectivity index (χ0v) is 12.0. The second-order valence-corrected chi connectivity index (χ2v) is 5.74. The van der Waals surface area contributed by atoms with Crippen molar-refractivity contribution in [2.75, 3.05) is 7.05 Å². The Morgan fingerprint density at radius 1 is 1.29 bits per heavy atom. The molecule has 2 nitrogen and oxygen atoms in total. The summed E-state index contributed by atoms with van der Waals surface area (Å²) in [4.78, 5) is 4.55. The van der Waals surface area contributed by atoms with E-state index in [-0.39, 0.29) is 0 Å². The quantitative estimate of drug-likeness (QED) is 0.851. The summed E-state index contributed by atoms with van der Waals surface area (Å²) in [6.07, 6.45) is 10.1. The van der Waals surface area contributed by atoms with Crippen molar-refractivity contribution in [2.45, 2.75) is 44.6 Å². The van der Waals surface area contributed by atoms with Crippen LogP contribution >= 0.6 is 15.9 Å². The van der Waals surface area contributed by atoms with Crippen LogP contribution in [0.5, 0.6) is 0 Å². The SMILES string of the molecule is CNC(c1ncccc1Br)C1CCCCCC1. The first-order chi connectivity index (χ1) is 8.33. The third-order valence-electron chi connectivity index (χ3n) is 3.76. The molecule has 0 saturated heterocycles. The maximum Gasteiger partial charge on any atom is 0.0717 e. The molecule has 1 aliphatic rings. The van der Waals surface area contributed by atoms with Crippen LogP contribution in [0, 0.1) is 5.92 Å². The molecule has 0 radical (unpaired) electrons. The van der Waals surface area contributed by atoms with E-state index in [1.54, 1.807) is 0 Å². The van der Waals surface area contributed by atoms with Crippen molar-refractivity contribution in [3.63, 3.8) is 0 Å². The van der Waals surface area contributed by atoms with E-state index >= 15 is 0 Å². The number of hydrogen-bond donors (Lipinski definition) is 1. The molecule has 3 heteroatoms. The summed E-state index contributed by atoms with van der Waals surface area (Å²) in [5.41, 5.74) is 1.17. The largest absolute Gasteiger partial charge is 0.311 e. The summed E-state index contributed by atoms with van der Waals surface area (Å²) in [7, 11) is 2.05. The van der Waals surface area contributed by atoms with Crippen LogP contribution in [0.25, 0.3) is 0 Å². The lowest BCUT2D eigenvalue weighted by Gasteiger charge is -2.26. The first-order valence-electron chi connectivity index (χ1n) is 6.60. The lowest BCUT2D eigenvalue weighted by molar-refractivity contribution is 0.335. The van der Waals surface area contributed by atoms with E-state index in [1.165, 1.54) is 44.2 Å². The van der Waals surface area contributed by atoms with E-state index in [0.29, 0.717) is 6.04 Å². The van der Waals surface area contributed by atoms with Crippen LogP contribution < -0.4 is 5.32 Å². The summed E-state index contributed by atoms with van der Waals surface area (Å²) in [6.45, 7) is 0. The van der Waals surface area contributed by atoms with Crippen molar-refractivity contribution in [3.05, 3.63) is 28.5 Å². The molecule has 1 N–H and O–H groups in total. The number of hydrogen-bond acceptors (Lipinski definition) is 2. The standard InChI is InChI=1S/C14H21BrN2/c1-16-13(11-7-4-2-3-5-8-11)14-12(15)9-6-10-17-14/h6,9-11,13,16H,2-5,7-8H2,1H3. The highest BCUT2D eigenvalue weighted by Crippen LogP contribution is 2.34. The molecular formula is C14H21BrN2. The topological polar surface area (TPSA) is 24.9 Å². The van der Waals surface area contributed by atoms with Gasteiger partial charge in [0.25, 0.3) is 0 Å². The van der Waals surface area contributed by atoms with Crippen molar-refractivity contribution in [2.24, 2.45) is 5.92 Å². The molecule has 0 bridgehead atoms. The van der Waals surface area contributed by atoms with Gasteiger partial charge in [-0.05, 0) is 53.9 Å². The number of halogens is 1. The summed E-state index contributed by atoms with van der Waals surface area (Å²) >= 11 is 3.62. The van der Waals surface area contributed by atoms with Crippen LogP contribution in [0.1, 0.15) is 50.3 Å². The van der Waals surface area contributed by atoms with Crippen LogP contribution in [0.3, 0.4) is 0 Å². The molecule has 1 aliphatic carbocycles. The van der Waals surface area contributed by atoms with Crippen LogP contribution in [0.4, 0.5) is 0 Å². The molecule has 0 amide bonds. The van der Waals surface area contributed by atoms with Gasteiger partial charge in [0.1, 0.15) is 0 Å². The van der Waals surface area contributed by atoms with Crippen molar-refractivity contribution in [1.82, 2.24) is 10.3 Å². The molecular weight excluding hydrogens is 276 g/mol. The Morgan fingerprint density at radius 2 is 2.00 bits per heavy atom. The van der Waals surface area contributed by atoms with Gasteiger partial charge in [-0.25, -0.2) is 0 Å². The third kappa shape index (κ3) is 3.29. The Kier molecular flexibility index (Phi) is 4.99. The smallest absolute Gasteiger partial charge is 0.0717 e. The van der Waals surface area contributed by atoms with E-state index < -0.39 is 0 Å². The molecule has 1 atom stereocenters. The van der Waals surface area contributed by atoms with Crippen molar-refractivity contribution < 1.29 is 0 Å². The van der Waals surface area contributed by atoms with Gasteiger partial charge < -0.3 is 5.32 Å². The van der Waals surface area contributed by atoms with Crippen LogP contribution in [0.2, 0.25) is 0 Å². The Hall–Kier alpha value is -0.410. The van der Waals surface area contributed by atoms with E-state index in [4.69, 9.17) is 0 Å². The molecule has 1 heterocycles. The molecule has 1 saturated carbocycles. The van der Waals surface area contributed by atoms with Gasteiger partial charge in [-0.2, -0.15) is 0 Å². The highest BCUT2D eigenvalue weighted by molar-refractivity contribution is 9.10. The zero-order valence-electron chi connectivity index (χ0n) is 10.5. The van der Waals surface area contributed by atoms with Gasteiger partial charge in [0.05, 0.1) is 11.7 Å². The highest BCUT2D eigenvalue weighted by atomic mass is 79.9. The van der Waals surface area contributed by atoms with Gasteiger partial charge >= 0.3 is 0 Å². The molecule has 1 unspecified atom stereocenters. The summed E-state index contributed by atoms with van der Waals surface area (Å²) in [5, 5.41) is 3.46. The molecule has 94 valence electrons. The molecule has 0 aliphatic heterocycles. The van der Waals surface area contributed by atoms with Gasteiger partial charge in [0.15, 0.2) is 0 Å². The molecule has 1 aromatic rings. The van der Waals surface area contributed by atoms with Crippen LogP contribution in [-0.2, 0) is 0 Å². The third-order valence-corrected chi connectivity index (χ3v) is 4.43. The highest BCUT2D eigenvalue weighted by Gasteiger charge is 2.25. The van der Waals surface area contributed by atoms with Crippen molar-refractivity contribution >= 4 is 15.9 Å². The Bertz CT molecular complexity index is 346. The lowest BCUT2D eigenvalue weighted by atomic mass is 9.89. The second-order valence-electron chi connectivity index (χ2n) is 4.89. The summed E-state index contributed by atoms with van der Waals surface area (Å²) in [5.74, 6) is 0.730. The fourth-order valence-corrected chi connectivity index (χ4v) is 3.37. The minimum atomic E-state index is 0.392. The van der Waals surface area contributed by atoms with E-state index in [1.807, 2.05) is 12.3 Å². The average Bonchev–Trinajstić information content (AvgIpc) is 2.62. The van der Waals surface area contributed by atoms with Gasteiger partial charge in [-0.15, -0.1) is 0 Å². The first-order valence-corrected chi connectivity index (χ1v) is 7.40. The predicted octanol–water partition coefficient (Wildman–Crippen LogP) is 4.08. The lowest BCUT2D eigenvalue weighted by Crippen LogP contribution is -2.26. The van der Waals surface area contributed by atoms with Crippen LogP contribution in [-0.4, -0.2) is 12.0 Å². The van der Waals surface area contributed by atoms with E-state index in [9.17, 15) is 0 Å². The van der Waals surface area contributed by atoms with Gasteiger partial charge in [0, 0.05) is 10.7 Å². The molecule has 17 heavy (non-hydrogen) atoms. The Balaban J connectivity index is 2.17. The second kappa shape index (κ2) is 6.50. The van der Waals surface area contributed by atoms with Crippen LogP contribution in [0.15, 0.2) is 22.8 Å². The predicted molar refractivity (Wildman–Crippen MR) is 74.9 cm³/mol. The van der Waals surface area contributed by atoms with E-state index in [0.717, 1.165) is 10.4 Å². The molecule has 2 rings (SSSR count). The minimum absolute atomic E-state index is 0.392. The average molecular weight is 297 g/mol. The molecule has 0 spiro atoms. The fraction of sp³-hybridized carbons (Fsp3) is 0.643. The minimum Gasteiger partial charge on any atom is -0.311 e. The maximum atomic E-state index is 4.55. The van der Waals surface area contributed by atoms with Crippen molar-refractivity contribution in [3.8, 4) is 0 Å². The normalized spacial score (nSPS) is 19.9. The van der Waals surface area contributed by atoms with Gasteiger partial charge in [-0.3, -0.25) is 4.98 Å². The number of nitrogens with zero attached hydrogens (tertiary/aromatic N) is 1. The van der Waals surface area contributed by atoms with Gasteiger partial charge in [0.2, 0.25) is 0 Å². The Morgan fingerprint density at radius 3 is 2.59 bits per heavy atom. The van der Waals surface area contributed by atoms with Gasteiger partial charge in [-0.1, -0.05) is 25.7 Å². The summed E-state index contributed by atoms with van der Waals surface area (Å²) < 4.78 is 1.13. The molecule has 1 aromatic heterocycles. The molecule has 0 aromatic carbocycles. The monoisotopic (exact) mass is 296 g/mol. The number of nitrogens with one attached hydrogen (secondary N) is 1. The fourth-order valence-electron chi connectivity index (χ4n) is 2.87. The maximum absolute atomic E-state index is 4.55. The summed E-state index contributed by atoms with van der Waals surface area (Å²) in [6, 6.07) is 4.46. The first kappa shape index (κ1) is 13.0. The van der Waals surface area contributed by atoms with Crippen molar-refractivity contribution in [1.29, 1.82) is 0 Å². The molecule has 1 fully saturated rings.